The first-order valence-electron chi connectivity index (χ1n) is 33.4. The van der Waals surface area contributed by atoms with Gasteiger partial charge in [0.15, 0.2) is 6.29 Å². The third-order valence-electron chi connectivity index (χ3n) is 15.9. The molecule has 1 heterocycles. The first-order chi connectivity index (χ1) is 37.8. The molecule has 0 aromatic heterocycles. The number of aliphatic hydroxyl groups is 5. The third kappa shape index (κ3) is 46.5. The molecule has 0 spiro atoms. The Morgan fingerprint density at radius 2 is 0.740 bits per heavy atom. The fourth-order valence-corrected chi connectivity index (χ4v) is 10.6. The fraction of sp³-hybridized carbons (Fsp3) is 0.868. The van der Waals surface area contributed by atoms with E-state index in [9.17, 15) is 30.3 Å². The minimum atomic E-state index is -1.58. The summed E-state index contributed by atoms with van der Waals surface area (Å²) in [6.07, 6.45) is 70.7. The molecule has 7 atom stereocenters. The van der Waals surface area contributed by atoms with E-state index in [1.807, 2.05) is 6.08 Å². The van der Waals surface area contributed by atoms with E-state index in [4.69, 9.17) is 9.47 Å². The van der Waals surface area contributed by atoms with Gasteiger partial charge in [-0.3, -0.25) is 4.79 Å². The maximum atomic E-state index is 13.1. The molecule has 452 valence electrons. The van der Waals surface area contributed by atoms with E-state index in [0.717, 1.165) is 44.9 Å². The highest BCUT2D eigenvalue weighted by Gasteiger charge is 2.44. The molecular weight excluding hydrogens is 959 g/mol. The van der Waals surface area contributed by atoms with Crippen LogP contribution in [0.4, 0.5) is 0 Å². The Hall–Kier alpha value is -1.85. The monoisotopic (exact) mass is 1090 g/mol. The lowest BCUT2D eigenvalue weighted by Crippen LogP contribution is -2.60. The summed E-state index contributed by atoms with van der Waals surface area (Å²) in [6.45, 7) is 3.79. The number of unbranched alkanes of at least 4 members (excludes halogenated alkanes) is 42. The average Bonchev–Trinajstić information content (AvgIpc) is 3.43. The Morgan fingerprint density at radius 1 is 0.429 bits per heavy atom. The summed E-state index contributed by atoms with van der Waals surface area (Å²) >= 11 is 0. The van der Waals surface area contributed by atoms with Gasteiger partial charge in [0.1, 0.15) is 24.4 Å². The van der Waals surface area contributed by atoms with E-state index in [2.05, 4.69) is 55.6 Å². The van der Waals surface area contributed by atoms with Crippen LogP contribution in [-0.4, -0.2) is 87.5 Å². The van der Waals surface area contributed by atoms with Crippen LogP contribution in [0.25, 0.3) is 0 Å². The lowest BCUT2D eigenvalue weighted by molar-refractivity contribution is -0.302. The zero-order valence-corrected chi connectivity index (χ0v) is 50.5. The minimum absolute atomic E-state index is 0.185. The fourth-order valence-electron chi connectivity index (χ4n) is 10.6. The maximum Gasteiger partial charge on any atom is 0.220 e. The van der Waals surface area contributed by atoms with Gasteiger partial charge in [-0.15, -0.1) is 0 Å². The van der Waals surface area contributed by atoms with E-state index >= 15 is 0 Å². The number of ether oxygens (including phenoxy) is 2. The summed E-state index contributed by atoms with van der Waals surface area (Å²) in [7, 11) is 0. The predicted molar refractivity (Wildman–Crippen MR) is 327 cm³/mol. The molecule has 7 unspecified atom stereocenters. The molecule has 1 fully saturated rings. The van der Waals surface area contributed by atoms with Crippen molar-refractivity contribution in [1.82, 2.24) is 5.32 Å². The van der Waals surface area contributed by atoms with Gasteiger partial charge in [0.2, 0.25) is 5.91 Å². The predicted octanol–water partition coefficient (Wildman–Crippen LogP) is 17.6. The van der Waals surface area contributed by atoms with Crippen molar-refractivity contribution in [3.63, 3.8) is 0 Å². The molecule has 1 amide bonds. The minimum Gasteiger partial charge on any atom is -0.394 e. The molecule has 6 N–H and O–H groups in total. The van der Waals surface area contributed by atoms with Crippen LogP contribution in [0.2, 0.25) is 0 Å². The molecule has 1 rings (SSSR count). The SMILES string of the molecule is CCCCCCCCCC/C=C\CCCCCCCCCCCCCCCCCCCCCCCC(=O)NC(COC1OC(CO)C(O)C(O)C1O)C(O)/C=C/CC/C=C/CC/C=C/CCCCCCCCCCCCC. The molecule has 0 bridgehead atoms. The molecule has 9 heteroatoms. The molecule has 1 saturated heterocycles. The molecule has 0 aromatic carbocycles. The molecular formula is C68H127NO8. The Labute approximate surface area is 475 Å². The van der Waals surface area contributed by atoms with Crippen molar-refractivity contribution >= 4 is 5.91 Å². The van der Waals surface area contributed by atoms with Gasteiger partial charge in [-0.25, -0.2) is 0 Å². The van der Waals surface area contributed by atoms with E-state index in [-0.39, 0.29) is 12.5 Å². The van der Waals surface area contributed by atoms with Gasteiger partial charge in [-0.2, -0.15) is 0 Å². The highest BCUT2D eigenvalue weighted by Crippen LogP contribution is 2.23. The molecule has 0 aromatic rings. The maximum absolute atomic E-state index is 13.1. The summed E-state index contributed by atoms with van der Waals surface area (Å²) in [5.74, 6) is -0.185. The number of rotatable bonds is 58. The van der Waals surface area contributed by atoms with Crippen molar-refractivity contribution in [1.29, 1.82) is 0 Å². The van der Waals surface area contributed by atoms with Crippen LogP contribution >= 0.6 is 0 Å². The van der Waals surface area contributed by atoms with Gasteiger partial charge in [0, 0.05) is 6.42 Å². The van der Waals surface area contributed by atoms with Crippen molar-refractivity contribution in [2.24, 2.45) is 0 Å². The lowest BCUT2D eigenvalue weighted by atomic mass is 9.99. The van der Waals surface area contributed by atoms with Crippen LogP contribution in [-0.2, 0) is 14.3 Å². The third-order valence-corrected chi connectivity index (χ3v) is 15.9. The Balaban J connectivity index is 2.14. The summed E-state index contributed by atoms with van der Waals surface area (Å²) in [5.41, 5.74) is 0. The number of carbonyl (C=O) groups excluding carboxylic acids is 1. The lowest BCUT2D eigenvalue weighted by Gasteiger charge is -2.40. The number of aliphatic hydroxyl groups excluding tert-OH is 5. The standard InChI is InChI=1S/C68H127NO8/c1-3-5-7-9-11-13-15-17-19-21-23-25-26-27-28-29-30-31-32-33-34-35-36-38-40-42-44-46-48-50-52-54-56-58-64(72)69-61(60-76-68-67(75)66(74)65(73)63(59-70)77-68)62(71)57-55-53-51-49-47-45-43-41-39-37-24-22-20-18-16-14-12-10-8-6-4-2/h21,23,39,41,47,49,55,57,61-63,65-68,70-71,73-75H,3-20,22,24-38,40,42-46,48,50-54,56,58-60H2,1-2H3,(H,69,72)/b23-21-,41-39+,49-47+,57-55+. The molecule has 1 aliphatic heterocycles. The van der Waals surface area contributed by atoms with Crippen molar-refractivity contribution in [2.45, 2.75) is 365 Å². The van der Waals surface area contributed by atoms with E-state index < -0.39 is 49.5 Å². The van der Waals surface area contributed by atoms with Crippen molar-refractivity contribution in [3.05, 3.63) is 48.6 Å². The Morgan fingerprint density at radius 3 is 1.09 bits per heavy atom. The van der Waals surface area contributed by atoms with Gasteiger partial charge < -0.3 is 40.3 Å². The van der Waals surface area contributed by atoms with Crippen molar-refractivity contribution < 1.29 is 39.8 Å². The number of carbonyl (C=O) groups is 1. The van der Waals surface area contributed by atoms with Crippen molar-refractivity contribution in [3.8, 4) is 0 Å². The average molecular weight is 1090 g/mol. The summed E-state index contributed by atoms with van der Waals surface area (Å²) in [6, 6.07) is -0.828. The first kappa shape index (κ1) is 73.2. The second kappa shape index (κ2) is 57.4. The largest absolute Gasteiger partial charge is 0.394 e. The van der Waals surface area contributed by atoms with Crippen molar-refractivity contribution in [2.75, 3.05) is 13.2 Å². The van der Waals surface area contributed by atoms with Gasteiger partial charge in [-0.1, -0.05) is 294 Å². The smallest absolute Gasteiger partial charge is 0.220 e. The van der Waals surface area contributed by atoms with Crippen LogP contribution in [0.15, 0.2) is 48.6 Å². The Bertz CT molecular complexity index is 1350. The summed E-state index contributed by atoms with van der Waals surface area (Å²) in [4.78, 5) is 13.1. The second-order valence-electron chi connectivity index (χ2n) is 23.2. The zero-order valence-electron chi connectivity index (χ0n) is 50.5. The quantitative estimate of drug-likeness (QED) is 0.0261. The molecule has 0 aliphatic carbocycles. The summed E-state index contributed by atoms with van der Waals surface area (Å²) < 4.78 is 11.3. The van der Waals surface area contributed by atoms with E-state index in [1.54, 1.807) is 6.08 Å². The van der Waals surface area contributed by atoms with E-state index in [1.165, 1.54) is 257 Å². The number of amides is 1. The number of hydrogen-bond donors (Lipinski definition) is 6. The molecule has 0 radical (unpaired) electrons. The van der Waals surface area contributed by atoms with Gasteiger partial charge in [0.25, 0.3) is 0 Å². The Kier molecular flexibility index (Phi) is 54.5. The van der Waals surface area contributed by atoms with Gasteiger partial charge in [0.05, 0.1) is 25.4 Å². The first-order valence-corrected chi connectivity index (χ1v) is 33.4. The number of nitrogens with one attached hydrogen (secondary N) is 1. The molecule has 77 heavy (non-hydrogen) atoms. The van der Waals surface area contributed by atoms with Crippen LogP contribution < -0.4 is 5.32 Å². The number of allylic oxidation sites excluding steroid dienone is 7. The zero-order chi connectivity index (χ0) is 55.8. The van der Waals surface area contributed by atoms with Crippen LogP contribution in [0.1, 0.15) is 322 Å². The highest BCUT2D eigenvalue weighted by molar-refractivity contribution is 5.76. The molecule has 0 saturated carbocycles. The van der Waals surface area contributed by atoms with Gasteiger partial charge in [-0.05, 0) is 70.6 Å². The molecule has 1 aliphatic rings. The topological polar surface area (TPSA) is 149 Å². The number of hydrogen-bond acceptors (Lipinski definition) is 8. The summed E-state index contributed by atoms with van der Waals surface area (Å²) in [5, 5.41) is 54.6. The van der Waals surface area contributed by atoms with Crippen LogP contribution in [0.5, 0.6) is 0 Å². The van der Waals surface area contributed by atoms with E-state index in [0.29, 0.717) is 6.42 Å². The second-order valence-corrected chi connectivity index (χ2v) is 23.2. The normalized spacial score (nSPS) is 19.0. The highest BCUT2D eigenvalue weighted by atomic mass is 16.7. The molecule has 9 nitrogen and oxygen atoms in total. The van der Waals surface area contributed by atoms with Crippen LogP contribution in [0, 0.1) is 0 Å². The van der Waals surface area contributed by atoms with Crippen LogP contribution in [0.3, 0.4) is 0 Å². The van der Waals surface area contributed by atoms with Gasteiger partial charge >= 0.3 is 0 Å².